The van der Waals surface area contributed by atoms with E-state index in [9.17, 15) is 4.79 Å². The number of anilines is 1. The third-order valence-electron chi connectivity index (χ3n) is 3.74. The van der Waals surface area contributed by atoms with Crippen molar-refractivity contribution in [2.75, 3.05) is 5.73 Å². The Morgan fingerprint density at radius 3 is 2.08 bits per heavy atom. The molecule has 0 unspecified atom stereocenters. The van der Waals surface area contributed by atoms with E-state index in [0.717, 1.165) is 11.1 Å². The molecule has 0 atom stereocenters. The molecule has 8 heteroatoms. The Labute approximate surface area is 148 Å². The normalized spacial score (nSPS) is 10.8. The minimum atomic E-state index is -0.514. The highest BCUT2D eigenvalue weighted by molar-refractivity contribution is 5.77. The van der Waals surface area contributed by atoms with Gasteiger partial charge in [-0.1, -0.05) is 65.8 Å². The predicted molar refractivity (Wildman–Crippen MR) is 95.0 cm³/mol. The van der Waals surface area contributed by atoms with E-state index < -0.39 is 5.69 Å². The third kappa shape index (κ3) is 3.07. The van der Waals surface area contributed by atoms with Gasteiger partial charge in [0.25, 0.3) is 0 Å². The predicted octanol–water partition coefficient (Wildman–Crippen LogP) is 1.99. The summed E-state index contributed by atoms with van der Waals surface area (Å²) in [4.78, 5) is 16.7. The second-order valence-electron chi connectivity index (χ2n) is 5.52. The molecule has 0 radical (unpaired) electrons. The smallest absolute Gasteiger partial charge is 0.365 e. The van der Waals surface area contributed by atoms with Crippen molar-refractivity contribution < 1.29 is 4.42 Å². The quantitative estimate of drug-likeness (QED) is 0.601. The molecule has 2 heterocycles. The SMILES string of the molecule is Nc1nnc(Cn2nc(-c3ccccc3)c(-c3ccccc3)nc2=O)o1. The van der Waals surface area contributed by atoms with E-state index in [4.69, 9.17) is 10.2 Å². The molecule has 2 aromatic heterocycles. The summed E-state index contributed by atoms with van der Waals surface area (Å²) < 4.78 is 6.31. The molecule has 0 saturated carbocycles. The van der Waals surface area contributed by atoms with Gasteiger partial charge in [-0.2, -0.15) is 10.1 Å². The van der Waals surface area contributed by atoms with E-state index in [0.29, 0.717) is 11.4 Å². The molecule has 4 aromatic rings. The Morgan fingerprint density at radius 2 is 1.50 bits per heavy atom. The monoisotopic (exact) mass is 346 g/mol. The first kappa shape index (κ1) is 15.7. The lowest BCUT2D eigenvalue weighted by Gasteiger charge is -2.10. The van der Waals surface area contributed by atoms with Crippen molar-refractivity contribution in [2.45, 2.75) is 6.54 Å². The summed E-state index contributed by atoms with van der Waals surface area (Å²) in [6.45, 7) is -0.00899. The summed E-state index contributed by atoms with van der Waals surface area (Å²) in [6.07, 6.45) is 0. The van der Waals surface area contributed by atoms with Crippen LogP contribution in [0.1, 0.15) is 5.89 Å². The van der Waals surface area contributed by atoms with Crippen LogP contribution in [0.25, 0.3) is 22.5 Å². The number of aromatic nitrogens is 5. The summed E-state index contributed by atoms with van der Waals surface area (Å²) in [7, 11) is 0. The zero-order valence-corrected chi connectivity index (χ0v) is 13.6. The molecule has 0 saturated heterocycles. The number of nitrogens with two attached hydrogens (primary N) is 1. The van der Waals surface area contributed by atoms with Gasteiger partial charge in [0.15, 0.2) is 0 Å². The largest absolute Gasteiger partial charge is 0.406 e. The van der Waals surface area contributed by atoms with Crippen LogP contribution in [0.5, 0.6) is 0 Å². The second kappa shape index (κ2) is 6.60. The van der Waals surface area contributed by atoms with Crippen molar-refractivity contribution in [3.63, 3.8) is 0 Å². The van der Waals surface area contributed by atoms with Crippen LogP contribution in [0.3, 0.4) is 0 Å². The lowest BCUT2D eigenvalue weighted by Crippen LogP contribution is -2.27. The van der Waals surface area contributed by atoms with E-state index in [2.05, 4.69) is 20.3 Å². The summed E-state index contributed by atoms with van der Waals surface area (Å²) in [5, 5.41) is 11.8. The molecular formula is C18H14N6O2. The van der Waals surface area contributed by atoms with Crippen LogP contribution in [0.2, 0.25) is 0 Å². The molecule has 0 aliphatic rings. The maximum Gasteiger partial charge on any atom is 0.365 e. The number of rotatable bonds is 4. The van der Waals surface area contributed by atoms with E-state index in [-0.39, 0.29) is 18.5 Å². The highest BCUT2D eigenvalue weighted by Gasteiger charge is 2.16. The zero-order chi connectivity index (χ0) is 17.9. The molecule has 2 N–H and O–H groups in total. The highest BCUT2D eigenvalue weighted by Crippen LogP contribution is 2.27. The van der Waals surface area contributed by atoms with Gasteiger partial charge in [-0.15, -0.1) is 5.10 Å². The molecular weight excluding hydrogens is 332 g/mol. The highest BCUT2D eigenvalue weighted by atomic mass is 16.4. The standard InChI is InChI=1S/C18H14N6O2/c19-17-22-21-14(26-17)11-24-18(25)20-15(12-7-3-1-4-8-12)16(23-24)13-9-5-2-6-10-13/h1-10H,11H2,(H2,19,22). The van der Waals surface area contributed by atoms with Gasteiger partial charge >= 0.3 is 11.7 Å². The molecule has 0 fully saturated rings. The maximum absolute atomic E-state index is 12.5. The molecule has 128 valence electrons. The van der Waals surface area contributed by atoms with Gasteiger partial charge in [0.2, 0.25) is 5.89 Å². The summed E-state index contributed by atoms with van der Waals surface area (Å²) in [6, 6.07) is 18.9. The van der Waals surface area contributed by atoms with Crippen molar-refractivity contribution in [3.05, 3.63) is 77.0 Å². The van der Waals surface area contributed by atoms with Crippen LogP contribution in [0.15, 0.2) is 69.9 Å². The Balaban J connectivity index is 1.87. The molecule has 0 aliphatic heterocycles. The first-order valence-electron chi connectivity index (χ1n) is 7.88. The van der Waals surface area contributed by atoms with Gasteiger partial charge < -0.3 is 10.2 Å². The molecule has 0 amide bonds. The van der Waals surface area contributed by atoms with Crippen molar-refractivity contribution in [2.24, 2.45) is 0 Å². The van der Waals surface area contributed by atoms with E-state index in [1.165, 1.54) is 4.68 Å². The zero-order valence-electron chi connectivity index (χ0n) is 13.6. The van der Waals surface area contributed by atoms with E-state index in [1.54, 1.807) is 0 Å². The van der Waals surface area contributed by atoms with Crippen LogP contribution in [0, 0.1) is 0 Å². The third-order valence-corrected chi connectivity index (χ3v) is 3.74. The van der Waals surface area contributed by atoms with Gasteiger partial charge in [-0.3, -0.25) is 0 Å². The fourth-order valence-electron chi connectivity index (χ4n) is 2.57. The number of hydrogen-bond donors (Lipinski definition) is 1. The van der Waals surface area contributed by atoms with Gasteiger partial charge in [-0.05, 0) is 0 Å². The van der Waals surface area contributed by atoms with Crippen LogP contribution in [-0.2, 0) is 6.54 Å². The van der Waals surface area contributed by atoms with Crippen molar-refractivity contribution >= 4 is 6.01 Å². The Kier molecular flexibility index (Phi) is 3.98. The van der Waals surface area contributed by atoms with Crippen LogP contribution in [0.4, 0.5) is 6.01 Å². The Hall–Kier alpha value is -3.81. The minimum absolute atomic E-state index is 0.00899. The molecule has 26 heavy (non-hydrogen) atoms. The summed E-state index contributed by atoms with van der Waals surface area (Å²) >= 11 is 0. The number of nitrogens with zero attached hydrogens (tertiary/aromatic N) is 5. The van der Waals surface area contributed by atoms with Gasteiger partial charge in [0, 0.05) is 11.1 Å². The number of hydrogen-bond acceptors (Lipinski definition) is 7. The van der Waals surface area contributed by atoms with Gasteiger partial charge in [-0.25, -0.2) is 9.48 Å². The van der Waals surface area contributed by atoms with E-state index in [1.807, 2.05) is 60.7 Å². The topological polar surface area (TPSA) is 113 Å². The minimum Gasteiger partial charge on any atom is -0.406 e. The van der Waals surface area contributed by atoms with Crippen molar-refractivity contribution in [1.82, 2.24) is 25.0 Å². The number of nitrogen functional groups attached to an aromatic ring is 1. The first-order valence-corrected chi connectivity index (χ1v) is 7.88. The fraction of sp³-hybridized carbons (Fsp3) is 0.0556. The number of benzene rings is 2. The summed E-state index contributed by atoms with van der Waals surface area (Å²) in [5.74, 6) is 0.186. The Morgan fingerprint density at radius 1 is 0.885 bits per heavy atom. The van der Waals surface area contributed by atoms with Crippen LogP contribution >= 0.6 is 0 Å². The van der Waals surface area contributed by atoms with Crippen LogP contribution < -0.4 is 11.4 Å². The maximum atomic E-state index is 12.5. The average Bonchev–Trinajstić information content (AvgIpc) is 3.09. The van der Waals surface area contributed by atoms with Gasteiger partial charge in [0.1, 0.15) is 17.9 Å². The fourth-order valence-corrected chi connectivity index (χ4v) is 2.57. The molecule has 0 bridgehead atoms. The first-order chi connectivity index (χ1) is 12.7. The van der Waals surface area contributed by atoms with Crippen molar-refractivity contribution in [1.29, 1.82) is 0 Å². The molecule has 8 nitrogen and oxygen atoms in total. The average molecular weight is 346 g/mol. The Bertz CT molecular complexity index is 1090. The molecule has 0 spiro atoms. The summed E-state index contributed by atoms with van der Waals surface area (Å²) in [5.41, 5.74) is 7.67. The lowest BCUT2D eigenvalue weighted by molar-refractivity contribution is 0.464. The van der Waals surface area contributed by atoms with Crippen molar-refractivity contribution in [3.8, 4) is 22.5 Å². The second-order valence-corrected chi connectivity index (χ2v) is 5.52. The molecule has 2 aromatic carbocycles. The lowest BCUT2D eigenvalue weighted by atomic mass is 10.0. The van der Waals surface area contributed by atoms with E-state index >= 15 is 0 Å². The van der Waals surface area contributed by atoms with Gasteiger partial charge in [0.05, 0.1) is 0 Å². The molecule has 0 aliphatic carbocycles. The molecule has 4 rings (SSSR count). The van der Waals surface area contributed by atoms with Crippen LogP contribution in [-0.4, -0.2) is 25.0 Å².